The Morgan fingerprint density at radius 2 is 0.792 bits per heavy atom. The summed E-state index contributed by atoms with van der Waals surface area (Å²) < 4.78 is 18.3. The quantitative estimate of drug-likeness (QED) is 0.104. The van der Waals surface area contributed by atoms with Crippen molar-refractivity contribution in [3.05, 3.63) is 133 Å². The fourth-order valence-corrected chi connectivity index (χ4v) is 6.06. The molecule has 0 saturated carbocycles. The second-order valence-corrected chi connectivity index (χ2v) is 12.3. The van der Waals surface area contributed by atoms with E-state index in [-0.39, 0.29) is 46.2 Å². The number of methoxy groups -OCH3 is 2. The standard InChI is InChI=1S/2C18H22N4O2.Ag.NO3/c2*1-11-8-13(3)21(19-11)18(22-14(4)9-12(2)20-22)15-6-7-16(23)17(10-15)24-5;;2-1(3)4/h2*6-10,18,23H,1-5H3;;/q;;+1;-1. The Balaban J connectivity index is 0.000000255. The zero-order chi connectivity index (χ0) is 38.4. The number of aromatic hydroxyl groups is 2. The van der Waals surface area contributed by atoms with E-state index in [2.05, 4.69) is 20.4 Å². The van der Waals surface area contributed by atoms with Gasteiger partial charge in [0.2, 0.25) is 0 Å². The summed E-state index contributed by atoms with van der Waals surface area (Å²) in [6, 6.07) is 18.8. The van der Waals surface area contributed by atoms with Gasteiger partial charge in [0.1, 0.15) is 0 Å². The molecule has 4 aromatic heterocycles. The van der Waals surface area contributed by atoms with E-state index >= 15 is 0 Å². The fourth-order valence-electron chi connectivity index (χ4n) is 6.06. The number of hydrogen-bond acceptors (Lipinski definition) is 11. The second kappa shape index (κ2) is 17.8. The topological polar surface area (TPSA) is 196 Å². The van der Waals surface area contributed by atoms with Gasteiger partial charge in [0, 0.05) is 33.9 Å². The zero-order valence-electron chi connectivity index (χ0n) is 31.2. The number of rotatable bonds is 8. The molecule has 0 atom stereocenters. The molecule has 0 aliphatic heterocycles. The van der Waals surface area contributed by atoms with Crippen molar-refractivity contribution < 1.29 is 47.2 Å². The Hall–Kier alpha value is -5.58. The summed E-state index contributed by atoms with van der Waals surface area (Å²) >= 11 is 0. The first-order valence-electron chi connectivity index (χ1n) is 16.2. The SMILES string of the molecule is COc1cc(C(n2nc(C)cc2C)n2nc(C)cc2C)ccc1O.COc1cc(C(n2nc(C)cc2C)n2nc(C)cc2C)ccc1O.O=[N+]([O-])[O-].[Ag+]. The average Bonchev–Trinajstić information content (AvgIpc) is 3.79. The largest absolute Gasteiger partial charge is 1.00 e. The van der Waals surface area contributed by atoms with Crippen LogP contribution in [0.3, 0.4) is 0 Å². The summed E-state index contributed by atoms with van der Waals surface area (Å²) in [5, 5.41) is 53.1. The molecular formula is C36H44AgN9O7. The zero-order valence-corrected chi connectivity index (χ0v) is 32.7. The number of benzene rings is 2. The van der Waals surface area contributed by atoms with E-state index in [4.69, 9.17) is 24.8 Å². The molecule has 6 aromatic rings. The van der Waals surface area contributed by atoms with Gasteiger partial charge in [-0.2, -0.15) is 20.4 Å². The first-order valence-corrected chi connectivity index (χ1v) is 16.2. The Morgan fingerprint density at radius 1 is 0.547 bits per heavy atom. The Bertz CT molecular complexity index is 1930. The van der Waals surface area contributed by atoms with Crippen LogP contribution in [0.5, 0.6) is 23.0 Å². The molecule has 0 aliphatic rings. The van der Waals surface area contributed by atoms with Crippen LogP contribution in [0.2, 0.25) is 0 Å². The molecule has 0 radical (unpaired) electrons. The summed E-state index contributed by atoms with van der Waals surface area (Å²) in [6.45, 7) is 16.0. The summed E-state index contributed by atoms with van der Waals surface area (Å²) in [4.78, 5) is 8.25. The minimum Gasteiger partial charge on any atom is -0.504 e. The minimum atomic E-state index is -1.75. The van der Waals surface area contributed by atoms with E-state index in [9.17, 15) is 10.2 Å². The molecule has 2 aromatic carbocycles. The van der Waals surface area contributed by atoms with Gasteiger partial charge in [-0.25, -0.2) is 18.7 Å². The molecule has 6 rings (SSSR count). The van der Waals surface area contributed by atoms with E-state index in [1.54, 1.807) is 26.4 Å². The fraction of sp³-hybridized carbons (Fsp3) is 0.333. The number of hydrogen-bond donors (Lipinski definition) is 2. The molecule has 0 spiro atoms. The van der Waals surface area contributed by atoms with Crippen molar-refractivity contribution in [2.75, 3.05) is 14.2 Å². The number of aryl methyl sites for hydroxylation is 8. The van der Waals surface area contributed by atoms with Gasteiger partial charge in [0.05, 0.1) is 42.1 Å². The molecule has 17 heteroatoms. The molecule has 0 saturated heterocycles. The number of phenols is 2. The number of aromatic nitrogens is 8. The van der Waals surface area contributed by atoms with Crippen LogP contribution in [0, 0.1) is 70.7 Å². The first-order chi connectivity index (χ1) is 24.5. The molecule has 0 bridgehead atoms. The van der Waals surface area contributed by atoms with Gasteiger partial charge in [-0.05, 0) is 104 Å². The molecule has 2 N–H and O–H groups in total. The summed E-state index contributed by atoms with van der Waals surface area (Å²) in [7, 11) is 3.08. The number of ether oxygens (including phenoxy) is 2. The molecule has 4 heterocycles. The van der Waals surface area contributed by atoms with Gasteiger partial charge in [0.15, 0.2) is 35.3 Å². The van der Waals surface area contributed by atoms with Crippen LogP contribution in [0.1, 0.15) is 69.0 Å². The van der Waals surface area contributed by atoms with Crippen LogP contribution >= 0.6 is 0 Å². The van der Waals surface area contributed by atoms with Crippen molar-refractivity contribution in [3.8, 4) is 23.0 Å². The van der Waals surface area contributed by atoms with Gasteiger partial charge < -0.3 is 35.0 Å². The van der Waals surface area contributed by atoms with E-state index < -0.39 is 5.09 Å². The van der Waals surface area contributed by atoms with E-state index in [0.29, 0.717) is 11.5 Å². The molecule has 0 unspecified atom stereocenters. The number of phenolic OH excluding ortho intramolecular Hbond substituents is 2. The molecule has 0 fully saturated rings. The normalized spacial score (nSPS) is 10.6. The minimum absolute atomic E-state index is 0. The molecule has 286 valence electrons. The smallest absolute Gasteiger partial charge is 0.504 e. The molecule has 0 amide bonds. The maximum Gasteiger partial charge on any atom is 1.00 e. The van der Waals surface area contributed by atoms with E-state index in [1.807, 2.05) is 123 Å². The third kappa shape index (κ3) is 9.85. The summed E-state index contributed by atoms with van der Waals surface area (Å²) in [6.07, 6.45) is -0.496. The van der Waals surface area contributed by atoms with Crippen LogP contribution in [0.4, 0.5) is 0 Å². The molecule has 16 nitrogen and oxygen atoms in total. The van der Waals surface area contributed by atoms with Crippen molar-refractivity contribution in [3.63, 3.8) is 0 Å². The summed E-state index contributed by atoms with van der Waals surface area (Å²) in [5.74, 6) is 1.09. The second-order valence-electron chi connectivity index (χ2n) is 12.3. The maximum atomic E-state index is 9.91. The van der Waals surface area contributed by atoms with Crippen molar-refractivity contribution in [2.24, 2.45) is 0 Å². The Labute approximate surface area is 322 Å². The van der Waals surface area contributed by atoms with Crippen molar-refractivity contribution in [1.82, 2.24) is 39.1 Å². The molecule has 0 aliphatic carbocycles. The van der Waals surface area contributed by atoms with Gasteiger partial charge in [0.25, 0.3) is 0 Å². The van der Waals surface area contributed by atoms with E-state index in [0.717, 1.165) is 56.7 Å². The van der Waals surface area contributed by atoms with Crippen LogP contribution in [-0.2, 0) is 22.4 Å². The first kappa shape index (κ1) is 41.8. The monoisotopic (exact) mass is 821 g/mol. The van der Waals surface area contributed by atoms with Crippen molar-refractivity contribution in [2.45, 2.75) is 67.7 Å². The molecular weight excluding hydrogens is 778 g/mol. The molecule has 53 heavy (non-hydrogen) atoms. The van der Waals surface area contributed by atoms with Crippen LogP contribution in [-0.4, -0.2) is 68.6 Å². The van der Waals surface area contributed by atoms with Crippen molar-refractivity contribution >= 4 is 0 Å². The van der Waals surface area contributed by atoms with Gasteiger partial charge in [-0.3, -0.25) is 0 Å². The Morgan fingerprint density at radius 3 is 0.981 bits per heavy atom. The summed E-state index contributed by atoms with van der Waals surface area (Å²) in [5.41, 5.74) is 9.82. The Kier molecular flexibility index (Phi) is 14.0. The van der Waals surface area contributed by atoms with Crippen LogP contribution < -0.4 is 9.47 Å². The van der Waals surface area contributed by atoms with Crippen LogP contribution in [0.15, 0.2) is 60.7 Å². The maximum absolute atomic E-state index is 9.91. The predicted octanol–water partition coefficient (Wildman–Crippen LogP) is 6.00. The van der Waals surface area contributed by atoms with Gasteiger partial charge in [-0.15, -0.1) is 0 Å². The van der Waals surface area contributed by atoms with E-state index in [1.165, 1.54) is 0 Å². The average molecular weight is 823 g/mol. The third-order valence-electron chi connectivity index (χ3n) is 8.11. The number of nitrogens with zero attached hydrogens (tertiary/aromatic N) is 9. The van der Waals surface area contributed by atoms with Crippen LogP contribution in [0.25, 0.3) is 0 Å². The van der Waals surface area contributed by atoms with Gasteiger partial charge in [-0.1, -0.05) is 12.1 Å². The third-order valence-corrected chi connectivity index (χ3v) is 8.11. The van der Waals surface area contributed by atoms with Gasteiger partial charge >= 0.3 is 22.4 Å². The predicted molar refractivity (Wildman–Crippen MR) is 194 cm³/mol. The van der Waals surface area contributed by atoms with Crippen molar-refractivity contribution in [1.29, 1.82) is 0 Å².